The number of hydrogen-bond donors (Lipinski definition) is 1. The summed E-state index contributed by atoms with van der Waals surface area (Å²) in [5, 5.41) is 9.57. The average Bonchev–Trinajstić information content (AvgIpc) is 2.54. The molecule has 0 radical (unpaired) electrons. The van der Waals surface area contributed by atoms with Crippen LogP contribution >= 0.6 is 15.9 Å². The van der Waals surface area contributed by atoms with Gasteiger partial charge in [-0.1, -0.05) is 52.3 Å². The van der Waals surface area contributed by atoms with E-state index in [2.05, 4.69) is 84.9 Å². The minimum atomic E-state index is -0.986. The summed E-state index contributed by atoms with van der Waals surface area (Å²) in [5.41, 5.74) is 7.50. The first-order chi connectivity index (χ1) is 12.1. The Kier molecular flexibility index (Phi) is 6.64. The van der Waals surface area contributed by atoms with Crippen molar-refractivity contribution in [2.45, 2.75) is 52.0 Å². The predicted molar refractivity (Wildman–Crippen MR) is 111 cm³/mol. The molecule has 0 fully saturated rings. The van der Waals surface area contributed by atoms with Crippen molar-refractivity contribution in [3.63, 3.8) is 0 Å². The van der Waals surface area contributed by atoms with Crippen LogP contribution in [0, 0.1) is 27.7 Å². The van der Waals surface area contributed by atoms with Crippen LogP contribution < -0.4 is 0 Å². The van der Waals surface area contributed by atoms with Gasteiger partial charge in [0.2, 0.25) is 0 Å². The number of halogens is 1. The van der Waals surface area contributed by atoms with Gasteiger partial charge in [0.1, 0.15) is 4.32 Å². The number of rotatable bonds is 7. The van der Waals surface area contributed by atoms with Crippen LogP contribution in [-0.2, 0) is 17.9 Å². The summed E-state index contributed by atoms with van der Waals surface area (Å²) in [6.45, 7) is 12.0. The lowest BCUT2D eigenvalue weighted by molar-refractivity contribution is -0.139. The van der Waals surface area contributed by atoms with E-state index in [1.165, 1.54) is 33.4 Å². The van der Waals surface area contributed by atoms with Gasteiger partial charge in [0.25, 0.3) is 0 Å². The quantitative estimate of drug-likeness (QED) is 0.632. The molecule has 0 aromatic heterocycles. The molecule has 0 bridgehead atoms. The van der Waals surface area contributed by atoms with Crippen LogP contribution in [0.1, 0.15) is 40.3 Å². The van der Waals surface area contributed by atoms with Crippen molar-refractivity contribution >= 4 is 21.9 Å². The van der Waals surface area contributed by atoms with E-state index in [9.17, 15) is 9.90 Å². The Morgan fingerprint density at radius 3 is 1.58 bits per heavy atom. The van der Waals surface area contributed by atoms with Crippen LogP contribution in [0.2, 0.25) is 0 Å². The molecule has 0 saturated carbocycles. The van der Waals surface area contributed by atoms with Gasteiger partial charge in [-0.3, -0.25) is 9.69 Å². The highest BCUT2D eigenvalue weighted by Crippen LogP contribution is 2.25. The first-order valence-corrected chi connectivity index (χ1v) is 9.66. The first kappa shape index (κ1) is 20.7. The molecular formula is C22H28BrNO2. The smallest absolute Gasteiger partial charge is 0.321 e. The zero-order valence-electron chi connectivity index (χ0n) is 16.3. The molecular weight excluding hydrogens is 390 g/mol. The van der Waals surface area contributed by atoms with Gasteiger partial charge >= 0.3 is 5.97 Å². The monoisotopic (exact) mass is 417 g/mol. The molecule has 1 atom stereocenters. The summed E-state index contributed by atoms with van der Waals surface area (Å²) in [7, 11) is 0. The average molecular weight is 418 g/mol. The van der Waals surface area contributed by atoms with Crippen molar-refractivity contribution in [1.82, 2.24) is 4.90 Å². The maximum atomic E-state index is 11.7. The van der Waals surface area contributed by atoms with Gasteiger partial charge in [-0.15, -0.1) is 0 Å². The molecule has 4 heteroatoms. The largest absolute Gasteiger partial charge is 0.480 e. The molecule has 26 heavy (non-hydrogen) atoms. The fourth-order valence-corrected chi connectivity index (χ4v) is 3.65. The van der Waals surface area contributed by atoms with Gasteiger partial charge < -0.3 is 5.11 Å². The second kappa shape index (κ2) is 8.36. The summed E-state index contributed by atoms with van der Waals surface area (Å²) in [5.74, 6) is -0.842. The number of carboxylic acids is 1. The summed E-state index contributed by atoms with van der Waals surface area (Å²) >= 11 is 3.41. The maximum Gasteiger partial charge on any atom is 0.321 e. The van der Waals surface area contributed by atoms with Crippen molar-refractivity contribution in [1.29, 1.82) is 0 Å². The Balaban J connectivity index is 2.37. The first-order valence-electron chi connectivity index (χ1n) is 8.86. The van der Waals surface area contributed by atoms with Crippen LogP contribution in [0.4, 0.5) is 0 Å². The Labute approximate surface area is 165 Å². The summed E-state index contributed by atoms with van der Waals surface area (Å²) < 4.78 is -0.986. The predicted octanol–water partition coefficient (Wildman–Crippen LogP) is 5.16. The maximum absolute atomic E-state index is 11.7. The van der Waals surface area contributed by atoms with E-state index in [4.69, 9.17) is 0 Å². The van der Waals surface area contributed by atoms with Gasteiger partial charge in [0, 0.05) is 19.6 Å². The number of aryl methyl sites for hydroxylation is 4. The molecule has 0 amide bonds. The Hall–Kier alpha value is -1.65. The van der Waals surface area contributed by atoms with Crippen molar-refractivity contribution in [2.75, 3.05) is 6.54 Å². The lowest BCUT2D eigenvalue weighted by atomic mass is 9.99. The highest BCUT2D eigenvalue weighted by molar-refractivity contribution is 9.10. The van der Waals surface area contributed by atoms with Crippen LogP contribution in [0.3, 0.4) is 0 Å². The zero-order chi connectivity index (χ0) is 19.5. The third kappa shape index (κ3) is 4.95. The number of carbonyl (C=O) groups is 1. The topological polar surface area (TPSA) is 40.5 Å². The van der Waals surface area contributed by atoms with Crippen LogP contribution in [0.5, 0.6) is 0 Å². The molecule has 1 N–H and O–H groups in total. The standard InChI is InChI=1S/C22H28BrNO2/c1-15-8-6-9-16(2)19(15)12-24(14-22(5,23)21(25)26)13-20-17(3)10-7-11-18(20)4/h6-11H,12-14H2,1-5H3,(H,25,26). The zero-order valence-corrected chi connectivity index (χ0v) is 17.9. The van der Waals surface area contributed by atoms with E-state index in [0.29, 0.717) is 6.54 Å². The number of carboxylic acid groups (broad SMARTS) is 1. The minimum Gasteiger partial charge on any atom is -0.480 e. The van der Waals surface area contributed by atoms with E-state index in [1.807, 2.05) is 0 Å². The molecule has 1 unspecified atom stereocenters. The fraction of sp³-hybridized carbons (Fsp3) is 0.409. The number of benzene rings is 2. The highest BCUT2D eigenvalue weighted by atomic mass is 79.9. The van der Waals surface area contributed by atoms with Crippen molar-refractivity contribution < 1.29 is 9.90 Å². The molecule has 0 saturated heterocycles. The van der Waals surface area contributed by atoms with Gasteiger partial charge in [-0.2, -0.15) is 0 Å². The lowest BCUT2D eigenvalue weighted by Gasteiger charge is -2.30. The van der Waals surface area contributed by atoms with Crippen molar-refractivity contribution in [3.8, 4) is 0 Å². The van der Waals surface area contributed by atoms with E-state index in [1.54, 1.807) is 6.92 Å². The van der Waals surface area contributed by atoms with Crippen molar-refractivity contribution in [3.05, 3.63) is 69.8 Å². The van der Waals surface area contributed by atoms with Crippen LogP contribution in [-0.4, -0.2) is 26.8 Å². The van der Waals surface area contributed by atoms with E-state index in [0.717, 1.165) is 13.1 Å². The van der Waals surface area contributed by atoms with Crippen molar-refractivity contribution in [2.24, 2.45) is 0 Å². The second-order valence-electron chi connectivity index (χ2n) is 7.39. The van der Waals surface area contributed by atoms with Crippen LogP contribution in [0.15, 0.2) is 36.4 Å². The molecule has 2 aromatic carbocycles. The number of aliphatic carboxylic acids is 1. The van der Waals surface area contributed by atoms with Gasteiger partial charge in [0.15, 0.2) is 0 Å². The van der Waals surface area contributed by atoms with E-state index < -0.39 is 10.3 Å². The Bertz CT molecular complexity index is 705. The molecule has 0 aliphatic rings. The van der Waals surface area contributed by atoms with Gasteiger partial charge in [-0.25, -0.2) is 0 Å². The molecule has 0 aliphatic carbocycles. The molecule has 2 aromatic rings. The van der Waals surface area contributed by atoms with Gasteiger partial charge in [0.05, 0.1) is 0 Å². The summed E-state index contributed by atoms with van der Waals surface area (Å²) in [4.78, 5) is 13.9. The number of nitrogens with zero attached hydrogens (tertiary/aromatic N) is 1. The molecule has 2 rings (SSSR count). The highest BCUT2D eigenvalue weighted by Gasteiger charge is 2.32. The second-order valence-corrected chi connectivity index (χ2v) is 9.14. The molecule has 3 nitrogen and oxygen atoms in total. The molecule has 0 heterocycles. The van der Waals surface area contributed by atoms with E-state index in [-0.39, 0.29) is 0 Å². The normalized spacial score (nSPS) is 13.7. The Morgan fingerprint density at radius 2 is 1.27 bits per heavy atom. The fourth-order valence-electron chi connectivity index (χ4n) is 3.30. The Morgan fingerprint density at radius 1 is 0.923 bits per heavy atom. The number of alkyl halides is 1. The van der Waals surface area contributed by atoms with E-state index >= 15 is 0 Å². The molecule has 140 valence electrons. The van der Waals surface area contributed by atoms with Crippen LogP contribution in [0.25, 0.3) is 0 Å². The summed E-state index contributed by atoms with van der Waals surface area (Å²) in [6.07, 6.45) is 0. The third-order valence-corrected chi connectivity index (χ3v) is 5.61. The van der Waals surface area contributed by atoms with Gasteiger partial charge in [-0.05, 0) is 68.0 Å². The third-order valence-electron chi connectivity index (χ3n) is 5.02. The molecule has 0 aliphatic heterocycles. The summed E-state index contributed by atoms with van der Waals surface area (Å²) in [6, 6.07) is 12.6. The molecule has 0 spiro atoms. The lowest BCUT2D eigenvalue weighted by Crippen LogP contribution is -2.42. The SMILES string of the molecule is Cc1cccc(C)c1CN(Cc1c(C)cccc1C)CC(C)(Br)C(=O)O. The number of hydrogen-bond acceptors (Lipinski definition) is 2. The minimum absolute atomic E-state index is 0.421.